The van der Waals surface area contributed by atoms with Crippen LogP contribution in [-0.4, -0.2) is 36.6 Å². The quantitative estimate of drug-likeness (QED) is 0.877. The van der Waals surface area contributed by atoms with Gasteiger partial charge in [0.2, 0.25) is 5.95 Å². The van der Waals surface area contributed by atoms with Gasteiger partial charge in [-0.2, -0.15) is 0 Å². The van der Waals surface area contributed by atoms with E-state index in [-0.39, 0.29) is 6.03 Å². The Morgan fingerprint density at radius 1 is 1.24 bits per heavy atom. The summed E-state index contributed by atoms with van der Waals surface area (Å²) in [6, 6.07) is 10.2. The normalized spacial score (nSPS) is 15.6. The number of hydrogen-bond donors (Lipinski definition) is 2. The van der Waals surface area contributed by atoms with E-state index in [2.05, 4.69) is 44.9 Å². The number of carbonyl (C=O) groups is 1. The first-order valence-electron chi connectivity index (χ1n) is 8.64. The lowest BCUT2D eigenvalue weighted by atomic mass is 10.0. The van der Waals surface area contributed by atoms with Gasteiger partial charge in [0.05, 0.1) is 12.2 Å². The van der Waals surface area contributed by atoms with Crippen LogP contribution in [-0.2, 0) is 13.0 Å². The summed E-state index contributed by atoms with van der Waals surface area (Å²) in [6.45, 7) is 2.97. The number of urea groups is 1. The van der Waals surface area contributed by atoms with E-state index in [1.165, 1.54) is 11.1 Å². The monoisotopic (exact) mass is 339 g/mol. The van der Waals surface area contributed by atoms with Gasteiger partial charge in [-0.25, -0.2) is 14.8 Å². The molecule has 0 bridgehead atoms. The van der Waals surface area contributed by atoms with Crippen molar-refractivity contribution < 1.29 is 4.79 Å². The minimum absolute atomic E-state index is 0.160. The summed E-state index contributed by atoms with van der Waals surface area (Å²) in [5, 5.41) is 5.87. The second-order valence-corrected chi connectivity index (χ2v) is 6.69. The minimum atomic E-state index is -0.160. The molecular formula is C19H25N5O. The van der Waals surface area contributed by atoms with Crippen LogP contribution >= 0.6 is 0 Å². The summed E-state index contributed by atoms with van der Waals surface area (Å²) < 4.78 is 0. The predicted octanol–water partition coefficient (Wildman–Crippen LogP) is 2.38. The van der Waals surface area contributed by atoms with Gasteiger partial charge in [0.25, 0.3) is 0 Å². The predicted molar refractivity (Wildman–Crippen MR) is 98.8 cm³/mol. The molecule has 1 aromatic carbocycles. The lowest BCUT2D eigenvalue weighted by Crippen LogP contribution is -2.37. The molecule has 0 aliphatic heterocycles. The summed E-state index contributed by atoms with van der Waals surface area (Å²) >= 11 is 0. The number of fused-ring (bicyclic) bond motifs is 1. The standard InChI is InChI=1S/C19H25N5O/c1-13-10-16(23-18(22-13)24(2)3)12-21-19(25)20-11-15-9-8-14-6-4-5-7-17(14)15/h4-7,10,15H,8-9,11-12H2,1-3H3,(H2,20,21,25). The van der Waals surface area contributed by atoms with Gasteiger partial charge in [-0.3, -0.25) is 0 Å². The third-order valence-corrected chi connectivity index (χ3v) is 4.49. The van der Waals surface area contributed by atoms with E-state index in [0.29, 0.717) is 25.0 Å². The zero-order chi connectivity index (χ0) is 17.8. The van der Waals surface area contributed by atoms with Crippen molar-refractivity contribution in [3.05, 3.63) is 52.8 Å². The molecule has 2 N–H and O–H groups in total. The van der Waals surface area contributed by atoms with Gasteiger partial charge < -0.3 is 15.5 Å². The van der Waals surface area contributed by atoms with Crippen LogP contribution in [0.2, 0.25) is 0 Å². The van der Waals surface area contributed by atoms with Crippen molar-refractivity contribution in [2.45, 2.75) is 32.2 Å². The average molecular weight is 339 g/mol. The molecule has 25 heavy (non-hydrogen) atoms. The number of aromatic nitrogens is 2. The molecular weight excluding hydrogens is 314 g/mol. The molecule has 1 aliphatic rings. The first-order valence-corrected chi connectivity index (χ1v) is 8.64. The molecule has 0 fully saturated rings. The SMILES string of the molecule is Cc1cc(CNC(=O)NCC2CCc3ccccc32)nc(N(C)C)n1. The number of hydrogen-bond acceptors (Lipinski definition) is 4. The van der Waals surface area contributed by atoms with Gasteiger partial charge in [0.1, 0.15) is 0 Å². The Labute approximate surface area is 148 Å². The number of rotatable bonds is 5. The Balaban J connectivity index is 1.51. The summed E-state index contributed by atoms with van der Waals surface area (Å²) in [5.74, 6) is 1.06. The van der Waals surface area contributed by atoms with E-state index in [4.69, 9.17) is 0 Å². The number of nitrogens with one attached hydrogen (secondary N) is 2. The van der Waals surface area contributed by atoms with E-state index < -0.39 is 0 Å². The number of amides is 2. The first kappa shape index (κ1) is 17.2. The van der Waals surface area contributed by atoms with E-state index in [0.717, 1.165) is 24.2 Å². The summed E-state index contributed by atoms with van der Waals surface area (Å²) in [5.41, 5.74) is 4.46. The molecule has 0 radical (unpaired) electrons. The van der Waals surface area contributed by atoms with Crippen molar-refractivity contribution in [3.8, 4) is 0 Å². The average Bonchev–Trinajstić information content (AvgIpc) is 3.01. The Morgan fingerprint density at radius 3 is 2.84 bits per heavy atom. The molecule has 2 amide bonds. The summed E-state index contributed by atoms with van der Waals surface area (Å²) in [6.07, 6.45) is 2.19. The van der Waals surface area contributed by atoms with Crippen LogP contribution in [0.25, 0.3) is 0 Å². The smallest absolute Gasteiger partial charge is 0.315 e. The van der Waals surface area contributed by atoms with Crippen molar-refractivity contribution in [1.29, 1.82) is 0 Å². The highest BCUT2D eigenvalue weighted by molar-refractivity contribution is 5.73. The Hall–Kier alpha value is -2.63. The van der Waals surface area contributed by atoms with Crippen molar-refractivity contribution in [1.82, 2.24) is 20.6 Å². The first-order chi connectivity index (χ1) is 12.0. The van der Waals surface area contributed by atoms with Gasteiger partial charge in [0.15, 0.2) is 0 Å². The van der Waals surface area contributed by atoms with Crippen LogP contribution < -0.4 is 15.5 Å². The minimum Gasteiger partial charge on any atom is -0.347 e. The molecule has 1 unspecified atom stereocenters. The molecule has 0 saturated carbocycles. The molecule has 1 atom stereocenters. The van der Waals surface area contributed by atoms with Gasteiger partial charge in [-0.15, -0.1) is 0 Å². The van der Waals surface area contributed by atoms with Gasteiger partial charge in [-0.05, 0) is 37.0 Å². The van der Waals surface area contributed by atoms with Crippen molar-refractivity contribution in [2.75, 3.05) is 25.5 Å². The van der Waals surface area contributed by atoms with Crippen molar-refractivity contribution in [2.24, 2.45) is 0 Å². The molecule has 2 aromatic rings. The largest absolute Gasteiger partial charge is 0.347 e. The maximum atomic E-state index is 12.1. The Bertz CT molecular complexity index is 759. The second kappa shape index (κ2) is 7.51. The molecule has 132 valence electrons. The molecule has 6 nitrogen and oxygen atoms in total. The fourth-order valence-corrected chi connectivity index (χ4v) is 3.21. The lowest BCUT2D eigenvalue weighted by molar-refractivity contribution is 0.239. The molecule has 1 aliphatic carbocycles. The third kappa shape index (κ3) is 4.26. The van der Waals surface area contributed by atoms with E-state index >= 15 is 0 Å². The highest BCUT2D eigenvalue weighted by atomic mass is 16.2. The van der Waals surface area contributed by atoms with Crippen LogP contribution in [0, 0.1) is 6.92 Å². The zero-order valence-electron chi connectivity index (χ0n) is 15.0. The Kier molecular flexibility index (Phi) is 5.16. The maximum absolute atomic E-state index is 12.1. The summed E-state index contributed by atoms with van der Waals surface area (Å²) in [7, 11) is 3.80. The van der Waals surface area contributed by atoms with E-state index in [1.807, 2.05) is 32.0 Å². The molecule has 0 saturated heterocycles. The number of carbonyl (C=O) groups excluding carboxylic acids is 1. The van der Waals surface area contributed by atoms with Gasteiger partial charge in [-0.1, -0.05) is 24.3 Å². The van der Waals surface area contributed by atoms with Crippen LogP contribution in [0.5, 0.6) is 0 Å². The molecule has 6 heteroatoms. The highest BCUT2D eigenvalue weighted by Crippen LogP contribution is 2.32. The van der Waals surface area contributed by atoms with Crippen molar-refractivity contribution in [3.63, 3.8) is 0 Å². The van der Waals surface area contributed by atoms with Crippen LogP contribution in [0.3, 0.4) is 0 Å². The highest BCUT2D eigenvalue weighted by Gasteiger charge is 2.22. The van der Waals surface area contributed by atoms with Crippen LogP contribution in [0.15, 0.2) is 30.3 Å². The number of nitrogens with zero attached hydrogens (tertiary/aromatic N) is 3. The maximum Gasteiger partial charge on any atom is 0.315 e. The second-order valence-electron chi connectivity index (χ2n) is 6.69. The number of anilines is 1. The van der Waals surface area contributed by atoms with Gasteiger partial charge in [0, 0.05) is 32.3 Å². The van der Waals surface area contributed by atoms with Crippen LogP contribution in [0.1, 0.15) is 34.9 Å². The summed E-state index contributed by atoms with van der Waals surface area (Å²) in [4.78, 5) is 22.8. The molecule has 1 heterocycles. The Morgan fingerprint density at radius 2 is 2.04 bits per heavy atom. The zero-order valence-corrected chi connectivity index (χ0v) is 15.0. The van der Waals surface area contributed by atoms with E-state index in [9.17, 15) is 4.79 Å². The molecule has 1 aromatic heterocycles. The molecule has 0 spiro atoms. The third-order valence-electron chi connectivity index (χ3n) is 4.49. The molecule has 3 rings (SSSR count). The van der Waals surface area contributed by atoms with Crippen LogP contribution in [0.4, 0.5) is 10.7 Å². The fraction of sp³-hybridized carbons (Fsp3) is 0.421. The topological polar surface area (TPSA) is 70.2 Å². The lowest BCUT2D eigenvalue weighted by Gasteiger charge is -2.15. The van der Waals surface area contributed by atoms with E-state index in [1.54, 1.807) is 0 Å². The van der Waals surface area contributed by atoms with Crippen molar-refractivity contribution >= 4 is 12.0 Å². The number of benzene rings is 1. The fourth-order valence-electron chi connectivity index (χ4n) is 3.21. The van der Waals surface area contributed by atoms with Gasteiger partial charge >= 0.3 is 6.03 Å². The number of aryl methyl sites for hydroxylation is 2.